The predicted octanol–water partition coefficient (Wildman–Crippen LogP) is 1.29. The van der Waals surface area contributed by atoms with Crippen molar-refractivity contribution < 1.29 is 4.79 Å². The Hall–Kier alpha value is -2.83. The van der Waals surface area contributed by atoms with E-state index in [0.29, 0.717) is 6.42 Å². The van der Waals surface area contributed by atoms with Gasteiger partial charge in [0.2, 0.25) is 0 Å². The molecule has 0 radical (unpaired) electrons. The molecule has 2 aromatic heterocycles. The molecule has 0 N–H and O–H groups in total. The number of carbonyl (C=O) groups is 1. The van der Waals surface area contributed by atoms with Crippen LogP contribution in [0.2, 0.25) is 0 Å². The molecule has 0 bridgehead atoms. The topological polar surface area (TPSA) is 78.5 Å². The van der Waals surface area contributed by atoms with Gasteiger partial charge >= 0.3 is 6.03 Å². The molecule has 20 heavy (non-hydrogen) atoms. The van der Waals surface area contributed by atoms with Crippen LogP contribution in [-0.2, 0) is 6.42 Å². The Labute approximate surface area is 114 Å². The average Bonchev–Trinajstić information content (AvgIpc) is 3.11. The summed E-state index contributed by atoms with van der Waals surface area (Å²) in [6.07, 6.45) is 3.50. The lowest BCUT2D eigenvalue weighted by atomic mass is 10.1. The summed E-state index contributed by atoms with van der Waals surface area (Å²) < 4.78 is 2.39. The quantitative estimate of drug-likeness (QED) is 0.699. The van der Waals surface area contributed by atoms with Gasteiger partial charge in [-0.05, 0) is 12.5 Å². The van der Waals surface area contributed by atoms with E-state index in [2.05, 4.69) is 20.6 Å². The molecule has 0 atom stereocenters. The van der Waals surface area contributed by atoms with Gasteiger partial charge in [-0.3, -0.25) is 0 Å². The fraction of sp³-hybridized carbons (Fsp3) is 0.154. The maximum absolute atomic E-state index is 12.3. The second-order valence-corrected chi connectivity index (χ2v) is 4.33. The summed E-state index contributed by atoms with van der Waals surface area (Å²) >= 11 is 0. The van der Waals surface area contributed by atoms with E-state index in [1.807, 2.05) is 37.3 Å². The molecule has 0 unspecified atom stereocenters. The number of nitrogens with zero attached hydrogens (tertiary/aromatic N) is 6. The molecule has 3 rings (SSSR count). The maximum Gasteiger partial charge on any atom is 0.372 e. The van der Waals surface area contributed by atoms with Crippen molar-refractivity contribution >= 4 is 6.03 Å². The molecule has 0 aliphatic carbocycles. The summed E-state index contributed by atoms with van der Waals surface area (Å²) in [6.45, 7) is 1.83. The number of hydrogen-bond donors (Lipinski definition) is 0. The molecule has 100 valence electrons. The Morgan fingerprint density at radius 2 is 2.00 bits per heavy atom. The van der Waals surface area contributed by atoms with Crippen LogP contribution in [0.5, 0.6) is 0 Å². The Morgan fingerprint density at radius 1 is 1.20 bits per heavy atom. The molecule has 0 aliphatic heterocycles. The SMILES string of the molecule is Cc1nnn(C(=O)n2ccnn2)c1Cc1ccccc1. The Morgan fingerprint density at radius 3 is 2.70 bits per heavy atom. The van der Waals surface area contributed by atoms with Gasteiger partial charge in [-0.25, -0.2) is 4.79 Å². The van der Waals surface area contributed by atoms with Gasteiger partial charge in [0.1, 0.15) is 0 Å². The maximum atomic E-state index is 12.3. The molecule has 2 heterocycles. The van der Waals surface area contributed by atoms with E-state index < -0.39 is 6.03 Å². The monoisotopic (exact) mass is 268 g/mol. The zero-order valence-electron chi connectivity index (χ0n) is 10.8. The van der Waals surface area contributed by atoms with Crippen LogP contribution in [0.1, 0.15) is 17.0 Å². The third-order valence-electron chi connectivity index (χ3n) is 2.97. The van der Waals surface area contributed by atoms with E-state index in [9.17, 15) is 4.79 Å². The molecule has 0 aliphatic rings. The zero-order valence-corrected chi connectivity index (χ0v) is 10.8. The third kappa shape index (κ3) is 2.20. The molecule has 7 heteroatoms. The lowest BCUT2D eigenvalue weighted by Crippen LogP contribution is -2.23. The van der Waals surface area contributed by atoms with Crippen LogP contribution < -0.4 is 0 Å². The number of aryl methyl sites for hydroxylation is 1. The minimum atomic E-state index is -0.394. The van der Waals surface area contributed by atoms with Crippen LogP contribution in [0.15, 0.2) is 42.7 Å². The van der Waals surface area contributed by atoms with Gasteiger partial charge in [0.05, 0.1) is 23.8 Å². The first kappa shape index (κ1) is 12.2. The molecular formula is C13H12N6O. The van der Waals surface area contributed by atoms with E-state index in [1.54, 1.807) is 0 Å². The molecule has 1 aromatic carbocycles. The van der Waals surface area contributed by atoms with Crippen molar-refractivity contribution in [2.24, 2.45) is 0 Å². The lowest BCUT2D eigenvalue weighted by molar-refractivity contribution is 0.236. The second kappa shape index (κ2) is 5.04. The molecule has 0 fully saturated rings. The van der Waals surface area contributed by atoms with Gasteiger partial charge < -0.3 is 0 Å². The highest BCUT2D eigenvalue weighted by Gasteiger charge is 2.17. The van der Waals surface area contributed by atoms with Crippen LogP contribution in [0.25, 0.3) is 0 Å². The van der Waals surface area contributed by atoms with E-state index in [1.165, 1.54) is 17.1 Å². The summed E-state index contributed by atoms with van der Waals surface area (Å²) in [5.74, 6) is 0. The summed E-state index contributed by atoms with van der Waals surface area (Å²) in [6, 6.07) is 9.46. The predicted molar refractivity (Wildman–Crippen MR) is 70.2 cm³/mol. The first-order valence-electron chi connectivity index (χ1n) is 6.12. The number of carbonyl (C=O) groups excluding carboxylic acids is 1. The van der Waals surface area contributed by atoms with Crippen LogP contribution in [0.4, 0.5) is 4.79 Å². The molecule has 0 amide bonds. The van der Waals surface area contributed by atoms with E-state index in [4.69, 9.17) is 0 Å². The van der Waals surface area contributed by atoms with Crippen molar-refractivity contribution in [1.82, 2.24) is 30.0 Å². The van der Waals surface area contributed by atoms with Gasteiger partial charge in [-0.15, -0.1) is 10.2 Å². The van der Waals surface area contributed by atoms with Gasteiger partial charge in [-0.2, -0.15) is 9.36 Å². The normalized spacial score (nSPS) is 10.7. The van der Waals surface area contributed by atoms with Crippen molar-refractivity contribution in [3.8, 4) is 0 Å². The lowest BCUT2D eigenvalue weighted by Gasteiger charge is -2.05. The Balaban J connectivity index is 1.96. The molecule has 0 saturated carbocycles. The van der Waals surface area contributed by atoms with Crippen molar-refractivity contribution in [1.29, 1.82) is 0 Å². The minimum Gasteiger partial charge on any atom is -0.243 e. The third-order valence-corrected chi connectivity index (χ3v) is 2.97. The van der Waals surface area contributed by atoms with Crippen LogP contribution in [0.3, 0.4) is 0 Å². The second-order valence-electron chi connectivity index (χ2n) is 4.33. The first-order chi connectivity index (χ1) is 9.75. The molecule has 7 nitrogen and oxygen atoms in total. The highest BCUT2D eigenvalue weighted by molar-refractivity contribution is 5.78. The summed E-state index contributed by atoms with van der Waals surface area (Å²) in [7, 11) is 0. The van der Waals surface area contributed by atoms with Crippen molar-refractivity contribution in [2.45, 2.75) is 13.3 Å². The molecule has 0 saturated heterocycles. The standard InChI is InChI=1S/C13H12N6O/c1-10-12(9-11-5-3-2-4-6-11)19(17-15-10)13(20)18-8-7-14-16-18/h2-8H,9H2,1H3. The Bertz CT molecular complexity index is 717. The smallest absolute Gasteiger partial charge is 0.243 e. The molecular weight excluding hydrogens is 256 g/mol. The first-order valence-corrected chi connectivity index (χ1v) is 6.12. The number of aromatic nitrogens is 6. The van der Waals surface area contributed by atoms with Gasteiger partial charge in [0, 0.05) is 6.42 Å². The van der Waals surface area contributed by atoms with E-state index >= 15 is 0 Å². The minimum absolute atomic E-state index is 0.394. The number of rotatable bonds is 2. The van der Waals surface area contributed by atoms with E-state index in [-0.39, 0.29) is 0 Å². The summed E-state index contributed by atoms with van der Waals surface area (Å²) in [5, 5.41) is 15.2. The van der Waals surface area contributed by atoms with Crippen molar-refractivity contribution in [3.05, 3.63) is 59.7 Å². The highest BCUT2D eigenvalue weighted by atomic mass is 16.2. The van der Waals surface area contributed by atoms with Crippen LogP contribution in [-0.4, -0.2) is 36.0 Å². The number of benzene rings is 1. The molecule has 0 spiro atoms. The van der Waals surface area contributed by atoms with Gasteiger partial charge in [0.15, 0.2) is 0 Å². The molecule has 3 aromatic rings. The largest absolute Gasteiger partial charge is 0.372 e. The number of hydrogen-bond acceptors (Lipinski definition) is 5. The van der Waals surface area contributed by atoms with Crippen molar-refractivity contribution in [2.75, 3.05) is 0 Å². The summed E-state index contributed by atoms with van der Waals surface area (Å²) in [5.41, 5.74) is 2.56. The zero-order chi connectivity index (χ0) is 13.9. The van der Waals surface area contributed by atoms with E-state index in [0.717, 1.165) is 21.6 Å². The summed E-state index contributed by atoms with van der Waals surface area (Å²) in [4.78, 5) is 12.3. The Kier molecular flexibility index (Phi) is 3.08. The fourth-order valence-corrected chi connectivity index (χ4v) is 1.93. The average molecular weight is 268 g/mol. The van der Waals surface area contributed by atoms with Crippen LogP contribution >= 0.6 is 0 Å². The van der Waals surface area contributed by atoms with Crippen LogP contribution in [0, 0.1) is 6.92 Å². The fourth-order valence-electron chi connectivity index (χ4n) is 1.93. The van der Waals surface area contributed by atoms with Crippen molar-refractivity contribution in [3.63, 3.8) is 0 Å². The van der Waals surface area contributed by atoms with Gasteiger partial charge in [0.25, 0.3) is 0 Å². The highest BCUT2D eigenvalue weighted by Crippen LogP contribution is 2.12. The van der Waals surface area contributed by atoms with Gasteiger partial charge in [-0.1, -0.05) is 40.8 Å².